The summed E-state index contributed by atoms with van der Waals surface area (Å²) in [5.74, 6) is -0.942. The first-order chi connectivity index (χ1) is 10.9. The number of nitrogens with zero attached hydrogens (tertiary/aromatic N) is 1. The van der Waals surface area contributed by atoms with E-state index in [1.165, 1.54) is 25.3 Å². The van der Waals surface area contributed by atoms with Crippen LogP contribution >= 0.6 is 11.6 Å². The fraction of sp³-hybridized carbons (Fsp3) is 0.125. The van der Waals surface area contributed by atoms with E-state index in [0.29, 0.717) is 6.29 Å². The van der Waals surface area contributed by atoms with E-state index in [9.17, 15) is 9.18 Å². The molecule has 1 aromatic carbocycles. The molecule has 0 saturated heterocycles. The first kappa shape index (κ1) is 18.4. The van der Waals surface area contributed by atoms with Crippen LogP contribution < -0.4 is 16.2 Å². The summed E-state index contributed by atoms with van der Waals surface area (Å²) in [6, 6.07) is 2.83. The summed E-state index contributed by atoms with van der Waals surface area (Å²) in [6.07, 6.45) is 3.63. The summed E-state index contributed by atoms with van der Waals surface area (Å²) in [5, 5.41) is 0.113. The molecule has 0 amide bonds. The molecule has 1 rings (SSSR count). The third-order valence-electron chi connectivity index (χ3n) is 2.85. The average Bonchev–Trinajstić information content (AvgIpc) is 2.50. The normalized spacial score (nSPS) is 11.4. The molecule has 0 spiro atoms. The van der Waals surface area contributed by atoms with Gasteiger partial charge in [-0.2, -0.15) is 0 Å². The van der Waals surface area contributed by atoms with Gasteiger partial charge >= 0.3 is 0 Å². The number of hydrogen-bond donors (Lipinski definition) is 2. The van der Waals surface area contributed by atoms with Gasteiger partial charge in [0.25, 0.3) is 0 Å². The number of aliphatic imine (C=N–C) groups is 1. The Balaban J connectivity index is 3.39. The van der Waals surface area contributed by atoms with Crippen LogP contribution in [0.4, 0.5) is 4.39 Å². The van der Waals surface area contributed by atoms with E-state index in [4.69, 9.17) is 27.8 Å². The Morgan fingerprint density at radius 2 is 2.09 bits per heavy atom. The largest absolute Gasteiger partial charge is 0.492 e. The summed E-state index contributed by atoms with van der Waals surface area (Å²) in [7, 11) is 1.29. The topological polar surface area (TPSA) is 90.7 Å². The molecule has 0 aliphatic heterocycles. The molecule has 0 unspecified atom stereocenters. The van der Waals surface area contributed by atoms with Crippen LogP contribution in [0.3, 0.4) is 0 Å². The van der Waals surface area contributed by atoms with Crippen LogP contribution in [0.15, 0.2) is 47.3 Å². The van der Waals surface area contributed by atoms with Crippen molar-refractivity contribution in [2.75, 3.05) is 7.11 Å². The highest BCUT2D eigenvalue weighted by molar-refractivity contribution is 6.38. The highest BCUT2D eigenvalue weighted by Gasteiger charge is 2.16. The number of methoxy groups -OCH3 is 1. The molecule has 23 heavy (non-hydrogen) atoms. The molecule has 0 bridgehead atoms. The Morgan fingerprint density at radius 3 is 2.57 bits per heavy atom. The van der Waals surface area contributed by atoms with Gasteiger partial charge in [0.15, 0.2) is 17.9 Å². The fourth-order valence-electron chi connectivity index (χ4n) is 1.79. The lowest BCUT2D eigenvalue weighted by Gasteiger charge is -2.10. The minimum absolute atomic E-state index is 0.00261. The molecule has 122 valence electrons. The van der Waals surface area contributed by atoms with Gasteiger partial charge in [-0.05, 0) is 19.1 Å². The van der Waals surface area contributed by atoms with Gasteiger partial charge in [-0.25, -0.2) is 9.38 Å². The summed E-state index contributed by atoms with van der Waals surface area (Å²) in [6.45, 7) is 5.39. The lowest BCUT2D eigenvalue weighted by Crippen LogP contribution is -2.17. The number of carbonyl (C=O) groups excluding carboxylic acids is 1. The van der Waals surface area contributed by atoms with Crippen molar-refractivity contribution >= 4 is 29.3 Å². The molecule has 0 saturated carbocycles. The SMILES string of the molecule is C=C(/N=C(/C=O)C(/C=C\C)=C(N)N)c1ccc(Cl)c(OC)c1F. The molecular formula is C16H17ClFN3O2. The molecule has 7 heteroatoms. The maximum absolute atomic E-state index is 14.3. The predicted molar refractivity (Wildman–Crippen MR) is 90.7 cm³/mol. The van der Waals surface area contributed by atoms with Gasteiger partial charge in [0, 0.05) is 11.1 Å². The number of rotatable bonds is 6. The predicted octanol–water partition coefficient (Wildman–Crippen LogP) is 2.80. The molecule has 0 aliphatic carbocycles. The zero-order valence-electron chi connectivity index (χ0n) is 12.8. The van der Waals surface area contributed by atoms with E-state index in [2.05, 4.69) is 11.6 Å². The van der Waals surface area contributed by atoms with Crippen molar-refractivity contribution in [1.82, 2.24) is 0 Å². The Hall–Kier alpha value is -2.60. The van der Waals surface area contributed by atoms with Crippen molar-refractivity contribution in [2.24, 2.45) is 16.5 Å². The standard InChI is InChI=1S/C16H17ClFN3O2/c1-4-5-11(16(19)20)13(8-22)21-9(2)10-6-7-12(17)15(23-3)14(10)18/h4-8H,2,19-20H2,1,3H3/b5-4-,21-13-. The number of aldehydes is 1. The molecule has 0 atom stereocenters. The lowest BCUT2D eigenvalue weighted by atomic mass is 10.1. The second kappa shape index (κ2) is 8.14. The van der Waals surface area contributed by atoms with E-state index in [1.807, 2.05) is 0 Å². The third-order valence-corrected chi connectivity index (χ3v) is 3.15. The van der Waals surface area contributed by atoms with Crippen LogP contribution in [0.5, 0.6) is 5.75 Å². The second-order valence-corrected chi connectivity index (χ2v) is 4.78. The first-order valence-corrected chi connectivity index (χ1v) is 6.88. The summed E-state index contributed by atoms with van der Waals surface area (Å²) >= 11 is 5.84. The number of ether oxygens (including phenoxy) is 1. The van der Waals surface area contributed by atoms with Gasteiger partial charge < -0.3 is 16.2 Å². The average molecular weight is 338 g/mol. The van der Waals surface area contributed by atoms with Crippen molar-refractivity contribution < 1.29 is 13.9 Å². The van der Waals surface area contributed by atoms with Crippen LogP contribution in [0.2, 0.25) is 5.02 Å². The maximum atomic E-state index is 14.3. The minimum atomic E-state index is -0.726. The van der Waals surface area contributed by atoms with Crippen LogP contribution in [-0.4, -0.2) is 19.1 Å². The zero-order chi connectivity index (χ0) is 17.6. The van der Waals surface area contributed by atoms with Crippen LogP contribution in [-0.2, 0) is 4.79 Å². The highest BCUT2D eigenvalue weighted by Crippen LogP contribution is 2.32. The quantitative estimate of drug-likeness (QED) is 0.474. The first-order valence-electron chi connectivity index (χ1n) is 6.50. The lowest BCUT2D eigenvalue weighted by molar-refractivity contribution is -0.102. The molecule has 0 radical (unpaired) electrons. The van der Waals surface area contributed by atoms with Crippen LogP contribution in [0.1, 0.15) is 12.5 Å². The Morgan fingerprint density at radius 1 is 1.43 bits per heavy atom. The number of benzene rings is 1. The molecule has 0 aliphatic rings. The summed E-state index contributed by atoms with van der Waals surface area (Å²) < 4.78 is 19.2. The number of carbonyl (C=O) groups is 1. The van der Waals surface area contributed by atoms with Crippen molar-refractivity contribution in [3.8, 4) is 5.75 Å². The second-order valence-electron chi connectivity index (χ2n) is 4.37. The number of halogens is 2. The third kappa shape index (κ3) is 4.20. The summed E-state index contributed by atoms with van der Waals surface area (Å²) in [5.41, 5.74) is 11.3. The van der Waals surface area contributed by atoms with E-state index in [-0.39, 0.29) is 39.1 Å². The Bertz CT molecular complexity index is 720. The monoisotopic (exact) mass is 337 g/mol. The zero-order valence-corrected chi connectivity index (χ0v) is 13.5. The van der Waals surface area contributed by atoms with E-state index >= 15 is 0 Å². The smallest absolute Gasteiger partial charge is 0.175 e. The number of hydrogen-bond acceptors (Lipinski definition) is 5. The molecule has 5 nitrogen and oxygen atoms in total. The van der Waals surface area contributed by atoms with Gasteiger partial charge in [0.2, 0.25) is 0 Å². The molecule has 1 aromatic rings. The van der Waals surface area contributed by atoms with Crippen molar-refractivity contribution in [1.29, 1.82) is 0 Å². The molecule has 0 aromatic heterocycles. The molecular weight excluding hydrogens is 321 g/mol. The Labute approximate surface area is 138 Å². The van der Waals surface area contributed by atoms with Crippen LogP contribution in [0.25, 0.3) is 5.70 Å². The van der Waals surface area contributed by atoms with E-state index in [1.54, 1.807) is 13.0 Å². The van der Waals surface area contributed by atoms with E-state index < -0.39 is 5.82 Å². The van der Waals surface area contributed by atoms with Crippen molar-refractivity contribution in [3.05, 3.63) is 58.7 Å². The summed E-state index contributed by atoms with van der Waals surface area (Å²) in [4.78, 5) is 15.3. The van der Waals surface area contributed by atoms with Crippen LogP contribution in [0, 0.1) is 5.82 Å². The van der Waals surface area contributed by atoms with Crippen molar-refractivity contribution in [3.63, 3.8) is 0 Å². The van der Waals surface area contributed by atoms with Gasteiger partial charge in [0.05, 0.1) is 17.8 Å². The number of nitrogens with two attached hydrogens (primary N) is 2. The van der Waals surface area contributed by atoms with E-state index in [0.717, 1.165) is 0 Å². The van der Waals surface area contributed by atoms with Gasteiger partial charge in [-0.1, -0.05) is 30.3 Å². The molecule has 0 fully saturated rings. The highest BCUT2D eigenvalue weighted by atomic mass is 35.5. The van der Waals surface area contributed by atoms with Crippen molar-refractivity contribution in [2.45, 2.75) is 6.92 Å². The minimum Gasteiger partial charge on any atom is -0.492 e. The molecule has 4 N–H and O–H groups in total. The maximum Gasteiger partial charge on any atom is 0.175 e. The van der Waals surface area contributed by atoms with Gasteiger partial charge in [-0.3, -0.25) is 4.79 Å². The number of allylic oxidation sites excluding steroid dienone is 3. The van der Waals surface area contributed by atoms with Gasteiger partial charge in [0.1, 0.15) is 11.5 Å². The van der Waals surface area contributed by atoms with Gasteiger partial charge in [-0.15, -0.1) is 0 Å². The fourth-order valence-corrected chi connectivity index (χ4v) is 2.02. The molecule has 0 heterocycles. The Kier molecular flexibility index (Phi) is 6.53.